The lowest BCUT2D eigenvalue weighted by Gasteiger charge is -2.37. The Morgan fingerprint density at radius 1 is 1.03 bits per heavy atom. The largest absolute Gasteiger partial charge is 0.392 e. The number of carbonyl (C=O) groups is 1. The normalized spacial score (nSPS) is 19.9. The third-order valence-corrected chi connectivity index (χ3v) is 6.05. The van der Waals surface area contributed by atoms with Crippen LogP contribution >= 0.6 is 0 Å². The van der Waals surface area contributed by atoms with E-state index in [9.17, 15) is 9.90 Å². The van der Waals surface area contributed by atoms with Crippen LogP contribution in [0.2, 0.25) is 0 Å². The maximum absolute atomic E-state index is 12.5. The first-order valence-corrected chi connectivity index (χ1v) is 11.8. The van der Waals surface area contributed by atoms with Gasteiger partial charge in [0.1, 0.15) is 0 Å². The highest BCUT2D eigenvalue weighted by Crippen LogP contribution is 2.38. The number of hydrogen-bond donors (Lipinski definition) is 2. The fourth-order valence-corrected chi connectivity index (χ4v) is 4.19. The van der Waals surface area contributed by atoms with Crippen LogP contribution < -0.4 is 5.32 Å². The summed E-state index contributed by atoms with van der Waals surface area (Å²) >= 11 is 0. The van der Waals surface area contributed by atoms with E-state index in [0.29, 0.717) is 11.3 Å². The van der Waals surface area contributed by atoms with Crippen molar-refractivity contribution in [3.63, 3.8) is 0 Å². The molecule has 6 nitrogen and oxygen atoms in total. The SMILES string of the molecule is C=CCN(C)CC1CC(c2ccc(CO)cc2)OC(c2ccc(NC(=O)c3ccccc3)cc2)O1. The van der Waals surface area contributed by atoms with E-state index < -0.39 is 6.29 Å². The summed E-state index contributed by atoms with van der Waals surface area (Å²) in [5, 5.41) is 12.3. The minimum Gasteiger partial charge on any atom is -0.392 e. The summed E-state index contributed by atoms with van der Waals surface area (Å²) < 4.78 is 12.7. The number of likely N-dealkylation sites (N-methyl/N-ethyl adjacent to an activating group) is 1. The van der Waals surface area contributed by atoms with Crippen LogP contribution in [0.25, 0.3) is 0 Å². The Morgan fingerprint density at radius 2 is 1.71 bits per heavy atom. The van der Waals surface area contributed by atoms with Crippen molar-refractivity contribution in [2.75, 3.05) is 25.5 Å². The molecule has 3 atom stereocenters. The van der Waals surface area contributed by atoms with Gasteiger partial charge >= 0.3 is 0 Å². The molecule has 0 radical (unpaired) electrons. The predicted molar refractivity (Wildman–Crippen MR) is 137 cm³/mol. The fraction of sp³-hybridized carbons (Fsp3) is 0.276. The Kier molecular flexibility index (Phi) is 8.45. The number of aliphatic hydroxyl groups excluding tert-OH is 1. The van der Waals surface area contributed by atoms with Crippen molar-refractivity contribution in [2.24, 2.45) is 0 Å². The summed E-state index contributed by atoms with van der Waals surface area (Å²) in [6, 6.07) is 24.6. The van der Waals surface area contributed by atoms with Crippen molar-refractivity contribution in [2.45, 2.75) is 31.5 Å². The number of amides is 1. The maximum atomic E-state index is 12.5. The number of aliphatic hydroxyl groups is 1. The molecule has 2 N–H and O–H groups in total. The first-order valence-electron chi connectivity index (χ1n) is 11.8. The van der Waals surface area contributed by atoms with Crippen molar-refractivity contribution >= 4 is 11.6 Å². The molecule has 0 saturated carbocycles. The Labute approximate surface area is 206 Å². The molecule has 0 spiro atoms. The topological polar surface area (TPSA) is 71.0 Å². The molecule has 0 bridgehead atoms. The van der Waals surface area contributed by atoms with Gasteiger partial charge in [-0.25, -0.2) is 0 Å². The van der Waals surface area contributed by atoms with Crippen molar-refractivity contribution in [1.29, 1.82) is 0 Å². The molecule has 6 heteroatoms. The molecule has 1 amide bonds. The van der Waals surface area contributed by atoms with E-state index in [2.05, 4.69) is 16.8 Å². The number of nitrogens with one attached hydrogen (secondary N) is 1. The highest BCUT2D eigenvalue weighted by atomic mass is 16.7. The molecule has 4 rings (SSSR count). The maximum Gasteiger partial charge on any atom is 0.255 e. The molecule has 35 heavy (non-hydrogen) atoms. The summed E-state index contributed by atoms with van der Waals surface area (Å²) in [5.41, 5.74) is 4.12. The molecule has 1 aliphatic rings. The molecule has 1 heterocycles. The highest BCUT2D eigenvalue weighted by Gasteiger charge is 2.32. The number of nitrogens with zero attached hydrogens (tertiary/aromatic N) is 1. The zero-order valence-electron chi connectivity index (χ0n) is 20.0. The van der Waals surface area contributed by atoms with Gasteiger partial charge in [-0.2, -0.15) is 0 Å². The van der Waals surface area contributed by atoms with Crippen LogP contribution in [0.3, 0.4) is 0 Å². The predicted octanol–water partition coefficient (Wildman–Crippen LogP) is 5.09. The first kappa shape index (κ1) is 24.8. The Bertz CT molecular complexity index is 1100. The number of anilines is 1. The zero-order valence-corrected chi connectivity index (χ0v) is 20.0. The molecule has 0 aliphatic carbocycles. The molecule has 3 unspecified atom stereocenters. The summed E-state index contributed by atoms with van der Waals surface area (Å²) in [4.78, 5) is 14.6. The first-order chi connectivity index (χ1) is 17.1. The zero-order chi connectivity index (χ0) is 24.6. The standard InChI is InChI=1S/C29H32N2O4/c1-3-17-31(2)19-26-18-27(22-11-9-21(20-32)10-12-22)35-29(34-26)24-13-15-25(16-14-24)30-28(33)23-7-5-4-6-8-23/h3-16,26-27,29,32H,1,17-20H2,2H3,(H,30,33). The van der Waals surface area contributed by atoms with Gasteiger partial charge in [0.25, 0.3) is 5.91 Å². The van der Waals surface area contributed by atoms with Crippen LogP contribution in [-0.2, 0) is 16.1 Å². The number of carbonyl (C=O) groups excluding carboxylic acids is 1. The number of rotatable bonds is 9. The molecule has 3 aromatic carbocycles. The van der Waals surface area contributed by atoms with Crippen LogP contribution in [0.1, 0.15) is 45.9 Å². The minimum atomic E-state index is -0.535. The van der Waals surface area contributed by atoms with Crippen LogP contribution in [0, 0.1) is 0 Å². The van der Waals surface area contributed by atoms with Gasteiger partial charge in [-0.15, -0.1) is 6.58 Å². The lowest BCUT2D eigenvalue weighted by atomic mass is 9.99. The van der Waals surface area contributed by atoms with E-state index >= 15 is 0 Å². The fourth-order valence-electron chi connectivity index (χ4n) is 4.19. The quantitative estimate of drug-likeness (QED) is 0.424. The Morgan fingerprint density at radius 3 is 2.37 bits per heavy atom. The van der Waals surface area contributed by atoms with Crippen LogP contribution in [0.5, 0.6) is 0 Å². The molecular weight excluding hydrogens is 440 g/mol. The molecule has 0 aromatic heterocycles. The number of ether oxygens (including phenoxy) is 2. The van der Waals surface area contributed by atoms with E-state index in [-0.39, 0.29) is 24.7 Å². The van der Waals surface area contributed by atoms with Crippen LogP contribution in [0.15, 0.2) is 91.5 Å². The summed E-state index contributed by atoms with van der Waals surface area (Å²) in [6.45, 7) is 5.37. The Balaban J connectivity index is 1.49. The van der Waals surface area contributed by atoms with E-state index in [1.807, 2.05) is 79.9 Å². The van der Waals surface area contributed by atoms with Gasteiger partial charge < -0.3 is 24.8 Å². The lowest BCUT2D eigenvalue weighted by Crippen LogP contribution is -2.37. The van der Waals surface area contributed by atoms with E-state index in [4.69, 9.17) is 9.47 Å². The van der Waals surface area contributed by atoms with Gasteiger partial charge in [0.15, 0.2) is 6.29 Å². The second kappa shape index (κ2) is 11.9. The van der Waals surface area contributed by atoms with Crippen molar-refractivity contribution in [3.05, 3.63) is 114 Å². The van der Waals surface area contributed by atoms with Gasteiger partial charge in [-0.05, 0) is 42.4 Å². The van der Waals surface area contributed by atoms with Crippen molar-refractivity contribution < 1.29 is 19.4 Å². The van der Waals surface area contributed by atoms with Gasteiger partial charge in [0, 0.05) is 36.3 Å². The lowest BCUT2D eigenvalue weighted by molar-refractivity contribution is -0.252. The molecule has 1 fully saturated rings. The van der Waals surface area contributed by atoms with E-state index in [1.165, 1.54) is 0 Å². The summed E-state index contributed by atoms with van der Waals surface area (Å²) in [5.74, 6) is -0.153. The van der Waals surface area contributed by atoms with E-state index in [1.54, 1.807) is 12.1 Å². The summed E-state index contributed by atoms with van der Waals surface area (Å²) in [7, 11) is 2.05. The number of hydrogen-bond acceptors (Lipinski definition) is 5. The minimum absolute atomic E-state index is 0.0136. The van der Waals surface area contributed by atoms with Gasteiger partial charge in [0.05, 0.1) is 18.8 Å². The van der Waals surface area contributed by atoms with Crippen LogP contribution in [0.4, 0.5) is 5.69 Å². The van der Waals surface area contributed by atoms with Crippen LogP contribution in [-0.4, -0.2) is 42.2 Å². The highest BCUT2D eigenvalue weighted by molar-refractivity contribution is 6.04. The second-order valence-corrected chi connectivity index (χ2v) is 8.80. The Hall–Kier alpha value is -3.29. The van der Waals surface area contributed by atoms with E-state index in [0.717, 1.165) is 36.2 Å². The third kappa shape index (κ3) is 6.65. The third-order valence-electron chi connectivity index (χ3n) is 6.05. The van der Waals surface area contributed by atoms with Gasteiger partial charge in [-0.3, -0.25) is 4.79 Å². The molecule has 1 saturated heterocycles. The summed E-state index contributed by atoms with van der Waals surface area (Å²) in [6.07, 6.45) is 1.90. The second-order valence-electron chi connectivity index (χ2n) is 8.80. The van der Waals surface area contributed by atoms with Crippen molar-refractivity contribution in [3.8, 4) is 0 Å². The smallest absolute Gasteiger partial charge is 0.255 e. The molecule has 3 aromatic rings. The average molecular weight is 473 g/mol. The van der Waals surface area contributed by atoms with Crippen molar-refractivity contribution in [1.82, 2.24) is 4.90 Å². The van der Waals surface area contributed by atoms with Gasteiger partial charge in [-0.1, -0.05) is 60.7 Å². The molecule has 1 aliphatic heterocycles. The molecular formula is C29H32N2O4. The monoisotopic (exact) mass is 472 g/mol. The number of benzene rings is 3. The average Bonchev–Trinajstić information content (AvgIpc) is 2.89. The van der Waals surface area contributed by atoms with Gasteiger partial charge in [0.2, 0.25) is 0 Å². The molecule has 182 valence electrons.